The van der Waals surface area contributed by atoms with Crippen molar-refractivity contribution >= 4 is 21.8 Å². The Bertz CT molecular complexity index is 1000. The fraction of sp³-hybridized carbons (Fsp3) is 0.526. The molecule has 2 aromatic rings. The van der Waals surface area contributed by atoms with Gasteiger partial charge in [-0.3, -0.25) is 4.68 Å². The molecule has 160 valence electrons. The number of hydrogen-bond acceptors (Lipinski definition) is 7. The van der Waals surface area contributed by atoms with Crippen molar-refractivity contribution in [2.75, 3.05) is 33.6 Å². The number of thioether (sulfide) groups is 1. The molecule has 0 amide bonds. The Balaban J connectivity index is 2.10. The van der Waals surface area contributed by atoms with Crippen molar-refractivity contribution in [2.45, 2.75) is 37.6 Å². The highest BCUT2D eigenvalue weighted by molar-refractivity contribution is 8.01. The molecule has 1 saturated heterocycles. The molecule has 0 N–H and O–H groups in total. The lowest BCUT2D eigenvalue weighted by Gasteiger charge is -2.26. The Kier molecular flexibility index (Phi) is 6.35. The van der Waals surface area contributed by atoms with Gasteiger partial charge >= 0.3 is 0 Å². The third-order valence-corrected chi connectivity index (χ3v) is 8.53. The number of nitrogens with zero attached hydrogens (tertiary/aromatic N) is 3. The summed E-state index contributed by atoms with van der Waals surface area (Å²) in [4.78, 5) is 0.284. The molecule has 1 aliphatic rings. The minimum atomic E-state index is -3.75. The summed E-state index contributed by atoms with van der Waals surface area (Å²) in [5, 5.41) is 3.96. The van der Waals surface area contributed by atoms with Crippen LogP contribution in [0.5, 0.6) is 17.2 Å². The third kappa shape index (κ3) is 3.69. The van der Waals surface area contributed by atoms with Crippen LogP contribution in [-0.2, 0) is 16.6 Å². The molecule has 1 atom stereocenters. The summed E-state index contributed by atoms with van der Waals surface area (Å²) in [7, 11) is 0.915. The van der Waals surface area contributed by atoms with Crippen molar-refractivity contribution in [1.29, 1.82) is 0 Å². The maximum Gasteiger partial charge on any atom is 0.248 e. The van der Waals surface area contributed by atoms with Crippen molar-refractivity contribution in [1.82, 2.24) is 14.1 Å². The Morgan fingerprint density at radius 1 is 1.10 bits per heavy atom. The highest BCUT2D eigenvalue weighted by atomic mass is 32.2. The zero-order valence-electron chi connectivity index (χ0n) is 17.6. The van der Waals surface area contributed by atoms with Crippen LogP contribution in [0.1, 0.15) is 29.2 Å². The molecule has 1 aromatic heterocycles. The number of benzene rings is 1. The Hall–Kier alpha value is -1.91. The zero-order valence-corrected chi connectivity index (χ0v) is 19.2. The summed E-state index contributed by atoms with van der Waals surface area (Å²) in [5.41, 5.74) is 1.90. The van der Waals surface area contributed by atoms with E-state index >= 15 is 0 Å². The van der Waals surface area contributed by atoms with E-state index in [9.17, 15) is 8.42 Å². The van der Waals surface area contributed by atoms with Gasteiger partial charge in [0.15, 0.2) is 11.5 Å². The predicted octanol–water partition coefficient (Wildman–Crippen LogP) is 2.98. The minimum absolute atomic E-state index is 0.284. The largest absolute Gasteiger partial charge is 0.496 e. The second-order valence-corrected chi connectivity index (χ2v) is 9.62. The summed E-state index contributed by atoms with van der Waals surface area (Å²) >= 11 is 1.55. The molecule has 29 heavy (non-hydrogen) atoms. The molecule has 0 spiro atoms. The van der Waals surface area contributed by atoms with Crippen molar-refractivity contribution in [3.05, 3.63) is 29.1 Å². The van der Waals surface area contributed by atoms with Crippen LogP contribution in [0.25, 0.3) is 0 Å². The van der Waals surface area contributed by atoms with Gasteiger partial charge in [0.05, 0.1) is 38.1 Å². The maximum absolute atomic E-state index is 13.6. The van der Waals surface area contributed by atoms with Gasteiger partial charge in [0.2, 0.25) is 10.0 Å². The second-order valence-electron chi connectivity index (χ2n) is 6.60. The van der Waals surface area contributed by atoms with Crippen LogP contribution >= 0.6 is 11.8 Å². The van der Waals surface area contributed by atoms with Crippen LogP contribution in [0.15, 0.2) is 17.0 Å². The fourth-order valence-corrected chi connectivity index (χ4v) is 7.29. The topological polar surface area (TPSA) is 82.9 Å². The third-order valence-electron chi connectivity index (χ3n) is 5.03. The molecule has 1 aliphatic heterocycles. The predicted molar refractivity (Wildman–Crippen MR) is 113 cm³/mol. The quantitative estimate of drug-likeness (QED) is 0.653. The number of rotatable bonds is 7. The molecule has 3 rings (SSSR count). The molecule has 0 radical (unpaired) electrons. The summed E-state index contributed by atoms with van der Waals surface area (Å²) in [6.45, 7) is 6.50. The first kappa shape index (κ1) is 21.8. The average Bonchev–Trinajstić information content (AvgIpc) is 3.31. The van der Waals surface area contributed by atoms with Crippen molar-refractivity contribution in [2.24, 2.45) is 0 Å². The Morgan fingerprint density at radius 2 is 1.72 bits per heavy atom. The van der Waals surface area contributed by atoms with E-state index in [2.05, 4.69) is 5.10 Å². The monoisotopic (exact) mass is 441 g/mol. The van der Waals surface area contributed by atoms with Crippen LogP contribution in [0.3, 0.4) is 0 Å². The number of methoxy groups -OCH3 is 3. The Labute approximate surface area is 176 Å². The molecule has 1 aromatic carbocycles. The molecule has 8 nitrogen and oxygen atoms in total. The molecular formula is C19H27N3O5S2. The summed E-state index contributed by atoms with van der Waals surface area (Å²) in [6, 6.07) is 3.52. The number of ether oxygens (including phenoxy) is 3. The van der Waals surface area contributed by atoms with E-state index in [1.165, 1.54) is 4.31 Å². The normalized spacial score (nSPS) is 17.5. The number of aryl methyl sites for hydroxylation is 2. The van der Waals surface area contributed by atoms with Gasteiger partial charge in [0, 0.05) is 30.5 Å². The van der Waals surface area contributed by atoms with Crippen molar-refractivity contribution in [3.8, 4) is 17.2 Å². The van der Waals surface area contributed by atoms with Crippen LogP contribution in [0.2, 0.25) is 0 Å². The van der Waals surface area contributed by atoms with E-state index in [0.717, 1.165) is 5.56 Å². The number of sulfonamides is 1. The molecule has 2 heterocycles. The van der Waals surface area contributed by atoms with Gasteiger partial charge in [-0.25, -0.2) is 8.42 Å². The standard InChI is InChI=1S/C19H27N3O5S2/c1-7-21-13(3)18(12(2)20-21)29(23,24)22-8-9-28-19(22)14-10-16(26-5)17(27-6)11-15(14)25-4/h10-11,19H,7-9H2,1-6H3. The Morgan fingerprint density at radius 3 is 2.28 bits per heavy atom. The molecule has 0 bridgehead atoms. The molecule has 1 unspecified atom stereocenters. The van der Waals surface area contributed by atoms with Gasteiger partial charge in [0.25, 0.3) is 0 Å². The second kappa shape index (κ2) is 8.45. The number of hydrogen-bond donors (Lipinski definition) is 0. The van der Waals surface area contributed by atoms with Gasteiger partial charge in [-0.05, 0) is 26.8 Å². The van der Waals surface area contributed by atoms with E-state index in [0.29, 0.717) is 47.5 Å². The van der Waals surface area contributed by atoms with Gasteiger partial charge in [-0.15, -0.1) is 11.8 Å². The summed E-state index contributed by atoms with van der Waals surface area (Å²) in [5.74, 6) is 2.29. The maximum atomic E-state index is 13.6. The van der Waals surface area contributed by atoms with Crippen LogP contribution in [0, 0.1) is 13.8 Å². The number of aromatic nitrogens is 2. The fourth-order valence-electron chi connectivity index (χ4n) is 3.67. The zero-order chi connectivity index (χ0) is 21.3. The molecule has 0 saturated carbocycles. The first-order chi connectivity index (χ1) is 13.8. The molecule has 0 aliphatic carbocycles. The average molecular weight is 442 g/mol. The van der Waals surface area contributed by atoms with Crippen LogP contribution in [0.4, 0.5) is 0 Å². The lowest BCUT2D eigenvalue weighted by molar-refractivity contribution is 0.344. The first-order valence-electron chi connectivity index (χ1n) is 9.27. The van der Waals surface area contributed by atoms with Crippen LogP contribution < -0.4 is 14.2 Å². The minimum Gasteiger partial charge on any atom is -0.496 e. The van der Waals surface area contributed by atoms with Gasteiger partial charge in [-0.2, -0.15) is 9.40 Å². The SMILES string of the molecule is CCn1nc(C)c(S(=O)(=O)N2CCSC2c2cc(OC)c(OC)cc2OC)c1C. The smallest absolute Gasteiger partial charge is 0.248 e. The van der Waals surface area contributed by atoms with E-state index in [-0.39, 0.29) is 4.90 Å². The van der Waals surface area contributed by atoms with Gasteiger partial charge in [-0.1, -0.05) is 0 Å². The lowest BCUT2D eigenvalue weighted by atomic mass is 10.1. The first-order valence-corrected chi connectivity index (χ1v) is 11.8. The summed E-state index contributed by atoms with van der Waals surface area (Å²) < 4.78 is 46.8. The molecule has 10 heteroatoms. The van der Waals surface area contributed by atoms with Crippen LogP contribution in [-0.4, -0.2) is 56.1 Å². The molecular weight excluding hydrogens is 414 g/mol. The van der Waals surface area contributed by atoms with Crippen molar-refractivity contribution in [3.63, 3.8) is 0 Å². The van der Waals surface area contributed by atoms with E-state index in [4.69, 9.17) is 14.2 Å². The van der Waals surface area contributed by atoms with Gasteiger partial charge < -0.3 is 14.2 Å². The highest BCUT2D eigenvalue weighted by Gasteiger charge is 2.41. The van der Waals surface area contributed by atoms with E-state index in [1.807, 2.05) is 6.92 Å². The van der Waals surface area contributed by atoms with E-state index < -0.39 is 15.4 Å². The lowest BCUT2D eigenvalue weighted by Crippen LogP contribution is -2.31. The van der Waals surface area contributed by atoms with Gasteiger partial charge in [0.1, 0.15) is 10.6 Å². The molecule has 1 fully saturated rings. The van der Waals surface area contributed by atoms with Crippen molar-refractivity contribution < 1.29 is 22.6 Å². The van der Waals surface area contributed by atoms with E-state index in [1.54, 1.807) is 63.8 Å². The highest BCUT2D eigenvalue weighted by Crippen LogP contribution is 2.48. The summed E-state index contributed by atoms with van der Waals surface area (Å²) in [6.07, 6.45) is 0.